The Morgan fingerprint density at radius 1 is 0.144 bits per heavy atom. The third-order valence-corrected chi connectivity index (χ3v) is 18.6. The van der Waals surface area contributed by atoms with E-state index in [1.165, 1.54) is 159 Å². The second-order valence-electron chi connectivity index (χ2n) is 23.6. The lowest BCUT2D eigenvalue weighted by molar-refractivity contribution is 1.17. The third kappa shape index (κ3) is 8.23. The van der Waals surface area contributed by atoms with Gasteiger partial charge in [0, 0.05) is 65.8 Å². The smallest absolute Gasteiger partial charge is 0.0548 e. The number of nitrogens with zero attached hydrogens (tertiary/aromatic N) is 4. The summed E-state index contributed by atoms with van der Waals surface area (Å²) in [4.78, 5) is 0. The molecule has 0 aliphatic heterocycles. The van der Waals surface area contributed by atoms with Crippen LogP contribution in [0.15, 0.2) is 340 Å². The van der Waals surface area contributed by atoms with Gasteiger partial charge in [-0.15, -0.1) is 0 Å². The zero-order valence-corrected chi connectivity index (χ0v) is 49.1. The Morgan fingerprint density at radius 2 is 0.400 bits per heavy atom. The molecule has 90 heavy (non-hydrogen) atoms. The molecule has 4 aromatic heterocycles. The van der Waals surface area contributed by atoms with Crippen molar-refractivity contribution in [1.29, 1.82) is 0 Å². The maximum absolute atomic E-state index is 2.44. The Hall–Kier alpha value is -12.0. The van der Waals surface area contributed by atoms with E-state index in [9.17, 15) is 0 Å². The first-order chi connectivity index (χ1) is 44.7. The molecule has 15 aromatic carbocycles. The molecule has 4 heteroatoms. The number of hydrogen-bond donors (Lipinski definition) is 0. The number of rotatable bonds is 7. The SMILES string of the molecule is c1ccc(-c2ccc(-n3c4ccccc4c4c5c6ccccc6n(-c6ccc7cc(-c8ccccc8)ccc7c6)c5ccc43)cc2)cc1.c1ccc(-c2ccc(-n3c4ccccc4c4c5c6ccccc6n(-c6ccc7ccccc7c6)c5ccc43)cc2)cc1. The molecule has 0 saturated heterocycles. The van der Waals surface area contributed by atoms with Gasteiger partial charge < -0.3 is 18.3 Å². The van der Waals surface area contributed by atoms with Crippen molar-refractivity contribution in [3.63, 3.8) is 0 Å². The van der Waals surface area contributed by atoms with Crippen LogP contribution in [-0.2, 0) is 0 Å². The predicted octanol–water partition coefficient (Wildman–Crippen LogP) is 23.1. The van der Waals surface area contributed by atoms with Crippen LogP contribution in [0.1, 0.15) is 0 Å². The summed E-state index contributed by atoms with van der Waals surface area (Å²) in [5.74, 6) is 0. The molecule has 19 aromatic rings. The monoisotopic (exact) mass is 1140 g/mol. The van der Waals surface area contributed by atoms with E-state index in [2.05, 4.69) is 358 Å². The molecule has 0 aliphatic carbocycles. The van der Waals surface area contributed by atoms with Gasteiger partial charge in [-0.25, -0.2) is 0 Å². The predicted molar refractivity (Wildman–Crippen MR) is 382 cm³/mol. The molecule has 0 unspecified atom stereocenters. The van der Waals surface area contributed by atoms with Crippen molar-refractivity contribution in [3.8, 4) is 56.1 Å². The van der Waals surface area contributed by atoms with Crippen LogP contribution in [0.3, 0.4) is 0 Å². The van der Waals surface area contributed by atoms with E-state index in [-0.39, 0.29) is 0 Å². The zero-order valence-electron chi connectivity index (χ0n) is 49.1. The standard InChI is InChI=1S/C46H30N2.C40H26N2/c1-3-11-31(12-4-1)33-21-24-37(25-22-33)47-41-17-9-7-15-39(41)45-43(47)27-28-44-46(45)40-16-8-10-18-42(40)48(44)38-26-23-35-29-34(19-20-36(35)30-38)32-13-5-2-6-14-32;1-2-10-27(11-3-1)29-18-21-31(22-19-29)41-35-16-8-6-14-33(35)39-37(41)24-25-38-40(39)34-15-7-9-17-36(34)42(38)32-23-20-28-12-4-5-13-30(28)26-32/h1-30H;1-26H. The van der Waals surface area contributed by atoms with E-state index < -0.39 is 0 Å². The summed E-state index contributed by atoms with van der Waals surface area (Å²) >= 11 is 0. The van der Waals surface area contributed by atoms with Crippen molar-refractivity contribution in [3.05, 3.63) is 340 Å². The average molecular weight is 1150 g/mol. The first-order valence-corrected chi connectivity index (χ1v) is 31.0. The zero-order chi connectivity index (χ0) is 59.2. The quantitative estimate of drug-likeness (QED) is 0.152. The van der Waals surface area contributed by atoms with Crippen molar-refractivity contribution in [2.45, 2.75) is 0 Å². The molecule has 0 N–H and O–H groups in total. The minimum absolute atomic E-state index is 1.16. The topological polar surface area (TPSA) is 19.7 Å². The highest BCUT2D eigenvalue weighted by atomic mass is 15.0. The van der Waals surface area contributed by atoms with Crippen LogP contribution in [0.4, 0.5) is 0 Å². The summed E-state index contributed by atoms with van der Waals surface area (Å²) in [5, 5.41) is 15.2. The van der Waals surface area contributed by atoms with Gasteiger partial charge in [-0.1, -0.05) is 237 Å². The average Bonchev–Trinajstić information content (AvgIpc) is 1.56. The Labute approximate surface area is 519 Å². The third-order valence-electron chi connectivity index (χ3n) is 18.6. The first kappa shape index (κ1) is 51.3. The summed E-state index contributed by atoms with van der Waals surface area (Å²) in [7, 11) is 0. The molecule has 4 heterocycles. The Kier molecular flexibility index (Phi) is 11.9. The fourth-order valence-corrected chi connectivity index (χ4v) is 14.5. The number of benzene rings is 15. The van der Waals surface area contributed by atoms with Gasteiger partial charge in [-0.2, -0.15) is 0 Å². The van der Waals surface area contributed by atoms with Gasteiger partial charge in [0.15, 0.2) is 0 Å². The molecule has 0 aliphatic rings. The molecule has 0 radical (unpaired) electrons. The van der Waals surface area contributed by atoms with Crippen molar-refractivity contribution >= 4 is 109 Å². The molecular formula is C86H56N4. The van der Waals surface area contributed by atoms with E-state index in [1.54, 1.807) is 0 Å². The Bertz CT molecular complexity index is 5990. The molecular weight excluding hydrogens is 1090 g/mol. The summed E-state index contributed by atoms with van der Waals surface area (Å²) in [6, 6.07) is 123. The maximum atomic E-state index is 2.44. The molecule has 0 saturated carbocycles. The van der Waals surface area contributed by atoms with Crippen LogP contribution >= 0.6 is 0 Å². The highest BCUT2D eigenvalue weighted by Crippen LogP contribution is 2.45. The van der Waals surface area contributed by atoms with Crippen LogP contribution in [0.5, 0.6) is 0 Å². The highest BCUT2D eigenvalue weighted by Gasteiger charge is 2.23. The van der Waals surface area contributed by atoms with Crippen LogP contribution < -0.4 is 0 Å². The second kappa shape index (κ2) is 20.9. The number of hydrogen-bond acceptors (Lipinski definition) is 0. The molecule has 0 atom stereocenters. The molecule has 4 nitrogen and oxygen atoms in total. The highest BCUT2D eigenvalue weighted by molar-refractivity contribution is 6.30. The minimum atomic E-state index is 1.16. The molecule has 0 bridgehead atoms. The van der Waals surface area contributed by atoms with E-state index in [0.29, 0.717) is 0 Å². The molecule has 0 amide bonds. The summed E-state index contributed by atoms with van der Waals surface area (Å²) in [6.45, 7) is 0. The molecule has 0 spiro atoms. The van der Waals surface area contributed by atoms with Crippen molar-refractivity contribution in [2.75, 3.05) is 0 Å². The van der Waals surface area contributed by atoms with Gasteiger partial charge in [-0.3, -0.25) is 0 Å². The van der Waals surface area contributed by atoms with E-state index in [0.717, 1.165) is 5.69 Å². The summed E-state index contributed by atoms with van der Waals surface area (Å²) < 4.78 is 9.71. The van der Waals surface area contributed by atoms with Gasteiger partial charge in [0.05, 0.1) is 44.1 Å². The van der Waals surface area contributed by atoms with Crippen LogP contribution in [0, 0.1) is 0 Å². The van der Waals surface area contributed by atoms with E-state index in [1.807, 2.05) is 0 Å². The Balaban J connectivity index is 0.000000135. The van der Waals surface area contributed by atoms with Gasteiger partial charge >= 0.3 is 0 Å². The lowest BCUT2D eigenvalue weighted by Crippen LogP contribution is -1.95. The number of fused-ring (bicyclic) bond motifs is 16. The maximum Gasteiger partial charge on any atom is 0.0548 e. The largest absolute Gasteiger partial charge is 0.309 e. The second-order valence-corrected chi connectivity index (χ2v) is 23.6. The molecule has 0 fully saturated rings. The fourth-order valence-electron chi connectivity index (χ4n) is 14.5. The Morgan fingerprint density at radius 3 is 0.800 bits per heavy atom. The summed E-state index contributed by atoms with van der Waals surface area (Å²) in [5.41, 5.74) is 21.8. The van der Waals surface area contributed by atoms with Crippen LogP contribution in [0.2, 0.25) is 0 Å². The fraction of sp³-hybridized carbons (Fsp3) is 0. The molecule has 420 valence electrons. The van der Waals surface area contributed by atoms with Crippen molar-refractivity contribution < 1.29 is 0 Å². The summed E-state index contributed by atoms with van der Waals surface area (Å²) in [6.07, 6.45) is 0. The van der Waals surface area contributed by atoms with Gasteiger partial charge in [-0.05, 0) is 158 Å². The minimum Gasteiger partial charge on any atom is -0.309 e. The first-order valence-electron chi connectivity index (χ1n) is 31.0. The lowest BCUT2D eigenvalue weighted by atomic mass is 10.0. The van der Waals surface area contributed by atoms with Gasteiger partial charge in [0.25, 0.3) is 0 Å². The van der Waals surface area contributed by atoms with Crippen LogP contribution in [-0.4, -0.2) is 18.3 Å². The van der Waals surface area contributed by atoms with Gasteiger partial charge in [0.2, 0.25) is 0 Å². The number of para-hydroxylation sites is 4. The van der Waals surface area contributed by atoms with Crippen molar-refractivity contribution in [1.82, 2.24) is 18.3 Å². The number of aromatic nitrogens is 4. The van der Waals surface area contributed by atoms with Crippen molar-refractivity contribution in [2.24, 2.45) is 0 Å². The van der Waals surface area contributed by atoms with E-state index in [4.69, 9.17) is 0 Å². The lowest BCUT2D eigenvalue weighted by Gasteiger charge is -2.11. The normalized spacial score (nSPS) is 11.8. The molecule has 19 rings (SSSR count). The van der Waals surface area contributed by atoms with E-state index >= 15 is 0 Å². The van der Waals surface area contributed by atoms with Gasteiger partial charge in [0.1, 0.15) is 0 Å². The van der Waals surface area contributed by atoms with Crippen LogP contribution in [0.25, 0.3) is 165 Å².